The number of likely N-dealkylation sites (N-methyl/N-ethyl adjacent to an activating group) is 2. The van der Waals surface area contributed by atoms with Crippen LogP contribution in [0.2, 0.25) is 0 Å². The maximum Gasteiger partial charge on any atom is 0.335 e. The molecule has 0 fully saturated rings. The standard InChI is InChI=1S/C12H17N3O5S/c1-14(2)11(16)7-15(3)21(19,20)10-5-4-8(12(17)18)6-9(10)13/h4-6H,7,13H2,1-3H3,(H,17,18). The molecule has 1 aromatic rings. The third kappa shape index (κ3) is 3.70. The van der Waals surface area contributed by atoms with Gasteiger partial charge in [0.15, 0.2) is 0 Å². The normalized spacial score (nSPS) is 11.4. The van der Waals surface area contributed by atoms with E-state index in [9.17, 15) is 18.0 Å². The number of carbonyl (C=O) groups excluding carboxylic acids is 1. The zero-order valence-electron chi connectivity index (χ0n) is 11.9. The summed E-state index contributed by atoms with van der Waals surface area (Å²) in [4.78, 5) is 23.4. The summed E-state index contributed by atoms with van der Waals surface area (Å²) < 4.78 is 25.5. The summed E-state index contributed by atoms with van der Waals surface area (Å²) in [5, 5.41) is 8.83. The molecule has 0 aliphatic carbocycles. The molecule has 0 radical (unpaired) electrons. The highest BCUT2D eigenvalue weighted by Crippen LogP contribution is 2.22. The first kappa shape index (κ1) is 16.9. The molecule has 0 heterocycles. The Bertz CT molecular complexity index is 669. The van der Waals surface area contributed by atoms with Crippen LogP contribution in [0.3, 0.4) is 0 Å². The SMILES string of the molecule is CN(C)C(=O)CN(C)S(=O)(=O)c1ccc(C(=O)O)cc1N. The molecule has 1 rings (SSSR count). The first-order valence-electron chi connectivity index (χ1n) is 5.86. The zero-order valence-corrected chi connectivity index (χ0v) is 12.7. The van der Waals surface area contributed by atoms with Crippen LogP contribution in [-0.4, -0.2) is 62.3 Å². The van der Waals surface area contributed by atoms with Crippen LogP contribution in [0.4, 0.5) is 5.69 Å². The van der Waals surface area contributed by atoms with Crippen molar-refractivity contribution in [1.29, 1.82) is 0 Å². The second kappa shape index (κ2) is 6.10. The lowest BCUT2D eigenvalue weighted by molar-refractivity contribution is -0.128. The van der Waals surface area contributed by atoms with Gasteiger partial charge in [-0.15, -0.1) is 0 Å². The monoisotopic (exact) mass is 315 g/mol. The molecule has 8 nitrogen and oxygen atoms in total. The number of nitrogens with zero attached hydrogens (tertiary/aromatic N) is 2. The fraction of sp³-hybridized carbons (Fsp3) is 0.333. The highest BCUT2D eigenvalue weighted by Gasteiger charge is 2.26. The van der Waals surface area contributed by atoms with Crippen LogP contribution in [0, 0.1) is 0 Å². The Balaban J connectivity index is 3.13. The Hall–Kier alpha value is -2.13. The number of nitrogens with two attached hydrogens (primary N) is 1. The van der Waals surface area contributed by atoms with Gasteiger partial charge in [-0.25, -0.2) is 13.2 Å². The quantitative estimate of drug-likeness (QED) is 0.718. The van der Waals surface area contributed by atoms with Crippen LogP contribution in [0.5, 0.6) is 0 Å². The molecule has 116 valence electrons. The van der Waals surface area contributed by atoms with Crippen molar-refractivity contribution in [1.82, 2.24) is 9.21 Å². The van der Waals surface area contributed by atoms with Crippen molar-refractivity contribution in [2.45, 2.75) is 4.90 Å². The molecule has 1 aromatic carbocycles. The van der Waals surface area contributed by atoms with Gasteiger partial charge in [0.25, 0.3) is 0 Å². The van der Waals surface area contributed by atoms with E-state index in [0.717, 1.165) is 22.5 Å². The number of nitrogen functional groups attached to an aromatic ring is 1. The molecule has 0 atom stereocenters. The minimum atomic E-state index is -3.97. The predicted molar refractivity (Wildman–Crippen MR) is 76.3 cm³/mol. The van der Waals surface area contributed by atoms with E-state index in [-0.39, 0.29) is 28.6 Å². The van der Waals surface area contributed by atoms with Gasteiger partial charge in [0, 0.05) is 21.1 Å². The maximum atomic E-state index is 12.3. The van der Waals surface area contributed by atoms with Crippen LogP contribution in [-0.2, 0) is 14.8 Å². The number of carboxylic acids is 1. The predicted octanol–water partition coefficient (Wildman–Crippen LogP) is -0.324. The minimum Gasteiger partial charge on any atom is -0.478 e. The van der Waals surface area contributed by atoms with E-state index in [2.05, 4.69) is 0 Å². The average molecular weight is 315 g/mol. The number of carboxylic acid groups (broad SMARTS) is 1. The third-order valence-electron chi connectivity index (χ3n) is 2.80. The fourth-order valence-corrected chi connectivity index (χ4v) is 2.71. The van der Waals surface area contributed by atoms with Gasteiger partial charge in [0.05, 0.1) is 17.8 Å². The molecule has 3 N–H and O–H groups in total. The third-order valence-corrected chi connectivity index (χ3v) is 4.68. The summed E-state index contributed by atoms with van der Waals surface area (Å²) >= 11 is 0. The number of hydrogen-bond donors (Lipinski definition) is 2. The Morgan fingerprint density at radius 3 is 2.24 bits per heavy atom. The molecular weight excluding hydrogens is 298 g/mol. The molecule has 0 bridgehead atoms. The van der Waals surface area contributed by atoms with Gasteiger partial charge in [-0.3, -0.25) is 4.79 Å². The lowest BCUT2D eigenvalue weighted by atomic mass is 10.2. The van der Waals surface area contributed by atoms with E-state index in [4.69, 9.17) is 10.8 Å². The summed E-state index contributed by atoms with van der Waals surface area (Å²) in [6.07, 6.45) is 0. The smallest absolute Gasteiger partial charge is 0.335 e. The first-order chi connectivity index (χ1) is 9.57. The van der Waals surface area contributed by atoms with Crippen LogP contribution in [0.25, 0.3) is 0 Å². The largest absolute Gasteiger partial charge is 0.478 e. The molecule has 0 spiro atoms. The molecule has 0 saturated heterocycles. The van der Waals surface area contributed by atoms with Crippen molar-refractivity contribution in [3.05, 3.63) is 23.8 Å². The van der Waals surface area contributed by atoms with Gasteiger partial charge < -0.3 is 15.7 Å². The van der Waals surface area contributed by atoms with Crippen molar-refractivity contribution in [2.24, 2.45) is 0 Å². The van der Waals surface area contributed by atoms with E-state index in [1.165, 1.54) is 26.0 Å². The molecular formula is C12H17N3O5S. The first-order valence-corrected chi connectivity index (χ1v) is 7.30. The molecule has 0 unspecified atom stereocenters. The highest BCUT2D eigenvalue weighted by atomic mass is 32.2. The summed E-state index contributed by atoms with van der Waals surface area (Å²) in [5.41, 5.74) is 5.32. The number of carbonyl (C=O) groups is 2. The maximum absolute atomic E-state index is 12.3. The van der Waals surface area contributed by atoms with E-state index < -0.39 is 16.0 Å². The van der Waals surface area contributed by atoms with E-state index in [1.54, 1.807) is 0 Å². The van der Waals surface area contributed by atoms with Gasteiger partial charge >= 0.3 is 5.97 Å². The fourth-order valence-electron chi connectivity index (χ4n) is 1.50. The summed E-state index contributed by atoms with van der Waals surface area (Å²) in [7, 11) is 0.304. The Morgan fingerprint density at radius 2 is 1.81 bits per heavy atom. The van der Waals surface area contributed by atoms with E-state index in [0.29, 0.717) is 0 Å². The number of benzene rings is 1. The van der Waals surface area contributed by atoms with Gasteiger partial charge in [0.1, 0.15) is 4.90 Å². The van der Waals surface area contributed by atoms with E-state index >= 15 is 0 Å². The second-order valence-corrected chi connectivity index (χ2v) is 6.62. The number of rotatable bonds is 5. The highest BCUT2D eigenvalue weighted by molar-refractivity contribution is 7.89. The molecule has 0 aliphatic rings. The van der Waals surface area contributed by atoms with E-state index in [1.807, 2.05) is 0 Å². The molecule has 9 heteroatoms. The van der Waals surface area contributed by atoms with Crippen molar-refractivity contribution in [3.63, 3.8) is 0 Å². The topological polar surface area (TPSA) is 121 Å². The molecule has 21 heavy (non-hydrogen) atoms. The number of aromatic carboxylic acids is 1. The lowest BCUT2D eigenvalue weighted by Gasteiger charge is -2.20. The van der Waals surface area contributed by atoms with Gasteiger partial charge in [-0.2, -0.15) is 4.31 Å². The Morgan fingerprint density at radius 1 is 1.24 bits per heavy atom. The van der Waals surface area contributed by atoms with Gasteiger partial charge in [0.2, 0.25) is 15.9 Å². The zero-order chi connectivity index (χ0) is 16.4. The summed E-state index contributed by atoms with van der Waals surface area (Å²) in [5.74, 6) is -1.59. The summed E-state index contributed by atoms with van der Waals surface area (Å²) in [6.45, 7) is -0.338. The Labute approximate surface area is 122 Å². The average Bonchev–Trinajstić information content (AvgIpc) is 2.37. The molecule has 0 aromatic heterocycles. The van der Waals surface area contributed by atoms with Crippen molar-refractivity contribution < 1.29 is 23.1 Å². The van der Waals surface area contributed by atoms with Gasteiger partial charge in [-0.1, -0.05) is 0 Å². The number of anilines is 1. The van der Waals surface area contributed by atoms with Crippen LogP contribution < -0.4 is 5.73 Å². The number of sulfonamides is 1. The second-order valence-electron chi connectivity index (χ2n) is 4.61. The van der Waals surface area contributed by atoms with Crippen LogP contribution >= 0.6 is 0 Å². The molecule has 0 saturated carbocycles. The van der Waals surface area contributed by atoms with Crippen molar-refractivity contribution in [2.75, 3.05) is 33.4 Å². The van der Waals surface area contributed by atoms with Crippen LogP contribution in [0.15, 0.2) is 23.1 Å². The molecule has 0 aliphatic heterocycles. The van der Waals surface area contributed by atoms with Crippen LogP contribution in [0.1, 0.15) is 10.4 Å². The lowest BCUT2D eigenvalue weighted by Crippen LogP contribution is -2.38. The minimum absolute atomic E-state index is 0.113. The van der Waals surface area contributed by atoms with Gasteiger partial charge in [-0.05, 0) is 18.2 Å². The summed E-state index contributed by atoms with van der Waals surface area (Å²) in [6, 6.07) is 3.33. The van der Waals surface area contributed by atoms with Crippen molar-refractivity contribution >= 4 is 27.6 Å². The Kier molecular flexibility index (Phi) is 4.92. The van der Waals surface area contributed by atoms with Crippen molar-refractivity contribution in [3.8, 4) is 0 Å². The molecule has 1 amide bonds. The number of hydrogen-bond acceptors (Lipinski definition) is 5. The number of amides is 1.